The van der Waals surface area contributed by atoms with Gasteiger partial charge in [0.2, 0.25) is 11.7 Å². The molecule has 0 bridgehead atoms. The number of aliphatic hydroxyl groups is 1. The monoisotopic (exact) mass is 492 g/mol. The van der Waals surface area contributed by atoms with Crippen LogP contribution >= 0.6 is 0 Å². The van der Waals surface area contributed by atoms with Crippen LogP contribution in [0.5, 0.6) is 5.88 Å². The molecule has 4 aromatic rings. The van der Waals surface area contributed by atoms with Gasteiger partial charge in [0.1, 0.15) is 13.2 Å². The molecule has 0 spiro atoms. The van der Waals surface area contributed by atoms with E-state index >= 15 is 0 Å². The zero-order valence-electron chi connectivity index (χ0n) is 20.4. The molecule has 12 nitrogen and oxygen atoms in total. The van der Waals surface area contributed by atoms with Gasteiger partial charge in [-0.1, -0.05) is 25.9 Å². The third kappa shape index (κ3) is 4.77. The Balaban J connectivity index is 1.38. The van der Waals surface area contributed by atoms with Crippen molar-refractivity contribution in [3.63, 3.8) is 0 Å². The number of rotatable bonds is 7. The summed E-state index contributed by atoms with van der Waals surface area (Å²) < 4.78 is 12.8. The lowest BCUT2D eigenvalue weighted by Crippen LogP contribution is -2.40. The average molecular weight is 493 g/mol. The molecular weight excluding hydrogens is 464 g/mol. The van der Waals surface area contributed by atoms with Gasteiger partial charge in [-0.15, -0.1) is 10.2 Å². The second-order valence-electron chi connectivity index (χ2n) is 9.69. The molecule has 0 atom stereocenters. The highest BCUT2D eigenvalue weighted by atomic mass is 16.5. The summed E-state index contributed by atoms with van der Waals surface area (Å²) in [5, 5.41) is 28.2. The van der Waals surface area contributed by atoms with Crippen LogP contribution in [0, 0.1) is 0 Å². The van der Waals surface area contributed by atoms with E-state index in [9.17, 15) is 9.90 Å². The highest BCUT2D eigenvalue weighted by molar-refractivity contribution is 5.93. The third-order valence-electron chi connectivity index (χ3n) is 5.93. The summed E-state index contributed by atoms with van der Waals surface area (Å²) in [6.07, 6.45) is 5.35. The van der Waals surface area contributed by atoms with E-state index in [1.165, 1.54) is 0 Å². The van der Waals surface area contributed by atoms with Gasteiger partial charge in [0.05, 0.1) is 23.0 Å². The van der Waals surface area contributed by atoms with Crippen LogP contribution in [0.4, 0.5) is 0 Å². The fraction of sp³-hybridized carbons (Fsp3) is 0.417. The minimum Gasteiger partial charge on any atom is -0.470 e. The fourth-order valence-electron chi connectivity index (χ4n) is 4.15. The molecule has 1 fully saturated rings. The minimum absolute atomic E-state index is 0.162. The van der Waals surface area contributed by atoms with Crippen LogP contribution in [0.2, 0.25) is 0 Å². The van der Waals surface area contributed by atoms with Gasteiger partial charge < -0.3 is 14.4 Å². The summed E-state index contributed by atoms with van der Waals surface area (Å²) in [6.45, 7) is 7.80. The maximum Gasteiger partial charge on any atom is 0.267 e. The van der Waals surface area contributed by atoms with Crippen molar-refractivity contribution in [3.05, 3.63) is 53.2 Å². The van der Waals surface area contributed by atoms with Crippen LogP contribution < -0.4 is 10.2 Å². The molecule has 0 radical (unpaired) electrons. The average Bonchev–Trinajstić information content (AvgIpc) is 3.61. The first-order valence-electron chi connectivity index (χ1n) is 11.8. The number of amides is 1. The Kier molecular flexibility index (Phi) is 6.37. The number of carbonyl (C=O) groups is 1. The van der Waals surface area contributed by atoms with Crippen LogP contribution in [0.25, 0.3) is 17.0 Å². The Labute approximate surface area is 207 Å². The summed E-state index contributed by atoms with van der Waals surface area (Å²) in [5.41, 5.74) is 5.71. The molecule has 1 amide bonds. The van der Waals surface area contributed by atoms with Crippen molar-refractivity contribution in [2.24, 2.45) is 0 Å². The molecule has 1 aliphatic heterocycles. The van der Waals surface area contributed by atoms with E-state index in [1.807, 2.05) is 5.01 Å². The quantitative estimate of drug-likeness (QED) is 0.394. The topological polar surface area (TPSA) is 144 Å². The van der Waals surface area contributed by atoms with Gasteiger partial charge in [-0.2, -0.15) is 5.10 Å². The van der Waals surface area contributed by atoms with Gasteiger partial charge in [0.15, 0.2) is 11.5 Å². The largest absolute Gasteiger partial charge is 0.470 e. The second-order valence-corrected chi connectivity index (χ2v) is 9.69. The second kappa shape index (κ2) is 9.63. The van der Waals surface area contributed by atoms with Crippen molar-refractivity contribution < 1.29 is 19.2 Å². The molecule has 4 aromatic heterocycles. The van der Waals surface area contributed by atoms with Gasteiger partial charge in [0.25, 0.3) is 5.91 Å². The third-order valence-corrected chi connectivity index (χ3v) is 5.93. The Bertz CT molecular complexity index is 1370. The Morgan fingerprint density at radius 3 is 2.69 bits per heavy atom. The van der Waals surface area contributed by atoms with Gasteiger partial charge in [-0.25, -0.2) is 9.52 Å². The molecule has 12 heteroatoms. The van der Waals surface area contributed by atoms with Gasteiger partial charge in [0, 0.05) is 30.9 Å². The van der Waals surface area contributed by atoms with Gasteiger partial charge >= 0.3 is 0 Å². The Morgan fingerprint density at radius 1 is 1.22 bits per heavy atom. The SMILES string of the molecule is CC(C)(C)c1c(OCc2ccc(C(=O)NN3CCCC3)cn2)nn2c(-c3cc(CO)on3)nncc12. The Morgan fingerprint density at radius 2 is 2.03 bits per heavy atom. The molecule has 0 aromatic carbocycles. The van der Waals surface area contributed by atoms with Gasteiger partial charge in [-0.3, -0.25) is 15.2 Å². The first-order chi connectivity index (χ1) is 17.3. The number of pyridine rings is 1. The lowest BCUT2D eigenvalue weighted by atomic mass is 9.88. The van der Waals surface area contributed by atoms with Crippen molar-refractivity contribution in [2.45, 2.75) is 52.2 Å². The van der Waals surface area contributed by atoms with E-state index < -0.39 is 0 Å². The van der Waals surface area contributed by atoms with E-state index in [1.54, 1.807) is 35.1 Å². The molecule has 36 heavy (non-hydrogen) atoms. The number of hydrogen-bond acceptors (Lipinski definition) is 10. The normalized spacial score (nSPS) is 14.4. The molecule has 0 aliphatic carbocycles. The van der Waals surface area contributed by atoms with Crippen molar-refractivity contribution in [3.8, 4) is 17.4 Å². The number of aromatic nitrogens is 6. The van der Waals surface area contributed by atoms with Crippen LogP contribution in [0.1, 0.15) is 61.0 Å². The number of nitrogens with zero attached hydrogens (tertiary/aromatic N) is 7. The lowest BCUT2D eigenvalue weighted by Gasteiger charge is -2.19. The molecule has 5 heterocycles. The van der Waals surface area contributed by atoms with E-state index in [4.69, 9.17) is 9.26 Å². The molecule has 1 aliphatic rings. The fourth-order valence-corrected chi connectivity index (χ4v) is 4.15. The number of fused-ring (bicyclic) bond motifs is 1. The number of aliphatic hydroxyl groups excluding tert-OH is 1. The summed E-state index contributed by atoms with van der Waals surface area (Å²) in [7, 11) is 0. The van der Waals surface area contributed by atoms with Crippen molar-refractivity contribution in [1.82, 2.24) is 40.4 Å². The van der Waals surface area contributed by atoms with Crippen LogP contribution in [-0.4, -0.2) is 59.1 Å². The van der Waals surface area contributed by atoms with E-state index in [0.717, 1.165) is 37.0 Å². The summed E-state index contributed by atoms with van der Waals surface area (Å²) in [5.74, 6) is 0.925. The highest BCUT2D eigenvalue weighted by Gasteiger charge is 2.28. The van der Waals surface area contributed by atoms with Crippen LogP contribution in [0.3, 0.4) is 0 Å². The zero-order valence-corrected chi connectivity index (χ0v) is 20.4. The smallest absolute Gasteiger partial charge is 0.267 e. The molecule has 2 N–H and O–H groups in total. The molecule has 0 unspecified atom stereocenters. The lowest BCUT2D eigenvalue weighted by molar-refractivity contribution is 0.0825. The zero-order chi connectivity index (χ0) is 25.3. The number of carbonyl (C=O) groups excluding carboxylic acids is 1. The number of ether oxygens (including phenoxy) is 1. The first-order valence-corrected chi connectivity index (χ1v) is 11.8. The molecule has 5 rings (SSSR count). The standard InChI is InChI=1S/C24H28N8O4/c1-24(2,3)20-19-12-26-27-21(18-10-17(13-33)36-30-18)32(19)29-23(20)35-14-16-7-6-15(11-25-16)22(34)28-31-8-4-5-9-31/h6-7,10-12,33H,4-5,8-9,13-14H2,1-3H3,(H,28,34). The van der Waals surface area contributed by atoms with E-state index in [0.29, 0.717) is 34.4 Å². The first kappa shape index (κ1) is 23.8. The van der Waals surface area contributed by atoms with Crippen LogP contribution in [-0.2, 0) is 18.6 Å². The van der Waals surface area contributed by atoms with Crippen molar-refractivity contribution >= 4 is 11.4 Å². The maximum atomic E-state index is 12.4. The molecular formula is C24H28N8O4. The summed E-state index contributed by atoms with van der Waals surface area (Å²) >= 11 is 0. The minimum atomic E-state index is -0.317. The van der Waals surface area contributed by atoms with E-state index in [2.05, 4.69) is 51.6 Å². The Hall–Kier alpha value is -3.90. The number of hydrogen-bond donors (Lipinski definition) is 2. The molecule has 1 saturated heterocycles. The summed E-state index contributed by atoms with van der Waals surface area (Å²) in [6, 6.07) is 5.10. The van der Waals surface area contributed by atoms with Gasteiger partial charge in [-0.05, 0) is 30.4 Å². The molecule has 0 saturated carbocycles. The van der Waals surface area contributed by atoms with Crippen molar-refractivity contribution in [1.29, 1.82) is 0 Å². The number of nitrogens with one attached hydrogen (secondary N) is 1. The molecule has 188 valence electrons. The highest BCUT2D eigenvalue weighted by Crippen LogP contribution is 2.36. The number of hydrazine groups is 1. The van der Waals surface area contributed by atoms with Crippen LogP contribution in [0.15, 0.2) is 35.1 Å². The predicted molar refractivity (Wildman–Crippen MR) is 128 cm³/mol. The maximum absolute atomic E-state index is 12.4. The van der Waals surface area contributed by atoms with Crippen molar-refractivity contribution in [2.75, 3.05) is 13.1 Å². The summed E-state index contributed by atoms with van der Waals surface area (Å²) in [4.78, 5) is 16.8. The predicted octanol–water partition coefficient (Wildman–Crippen LogP) is 2.28. The van der Waals surface area contributed by atoms with E-state index in [-0.39, 0.29) is 24.5 Å².